The summed E-state index contributed by atoms with van der Waals surface area (Å²) in [6.45, 7) is 13.4. The van der Waals surface area contributed by atoms with E-state index >= 15 is 0 Å². The summed E-state index contributed by atoms with van der Waals surface area (Å²) >= 11 is 0. The quantitative estimate of drug-likeness (QED) is 0.212. The molecule has 2 aromatic carbocycles. The van der Waals surface area contributed by atoms with Crippen LogP contribution >= 0.6 is 17.2 Å². The van der Waals surface area contributed by atoms with E-state index in [2.05, 4.69) is 60.6 Å². The van der Waals surface area contributed by atoms with Gasteiger partial charge in [0.15, 0.2) is 0 Å². The van der Waals surface area contributed by atoms with E-state index in [-0.39, 0.29) is 17.4 Å². The number of hydrogen-bond donors (Lipinski definition) is 6. The predicted molar refractivity (Wildman–Crippen MR) is 151 cm³/mol. The second-order valence-corrected chi connectivity index (χ2v) is 13.3. The molecular formula is C27H44O9P2. The molecule has 0 saturated heterocycles. The van der Waals surface area contributed by atoms with Crippen LogP contribution in [-0.2, 0) is 26.3 Å². The van der Waals surface area contributed by atoms with Crippen molar-refractivity contribution in [3.63, 3.8) is 0 Å². The van der Waals surface area contributed by atoms with E-state index in [0.717, 1.165) is 22.3 Å². The van der Waals surface area contributed by atoms with Crippen LogP contribution in [0.1, 0.15) is 63.8 Å². The zero-order valence-corrected chi connectivity index (χ0v) is 25.2. The van der Waals surface area contributed by atoms with Crippen LogP contribution in [0.25, 0.3) is 0 Å². The van der Waals surface area contributed by atoms with Gasteiger partial charge in [0.1, 0.15) is 5.75 Å². The highest BCUT2D eigenvalue weighted by molar-refractivity contribution is 7.54. The Bertz CT molecular complexity index is 901. The van der Waals surface area contributed by atoms with Gasteiger partial charge in [-0.3, -0.25) is 4.52 Å². The third-order valence-corrected chi connectivity index (χ3v) is 7.47. The molecule has 38 heavy (non-hydrogen) atoms. The lowest BCUT2D eigenvalue weighted by molar-refractivity contribution is -0.0328. The summed E-state index contributed by atoms with van der Waals surface area (Å²) in [6, 6.07) is 13.8. The third kappa shape index (κ3) is 11.1. The van der Waals surface area contributed by atoms with E-state index < -0.39 is 49.0 Å². The number of rotatable bonds is 11. The summed E-state index contributed by atoms with van der Waals surface area (Å²) in [5.41, 5.74) is 2.69. The minimum Gasteiger partial charge on any atom is -0.426 e. The normalized spacial score (nSPS) is 13.2. The van der Waals surface area contributed by atoms with E-state index in [9.17, 15) is 9.79 Å². The first-order valence-electron chi connectivity index (χ1n) is 12.2. The molecule has 0 bridgehead atoms. The van der Waals surface area contributed by atoms with Crippen molar-refractivity contribution < 1.29 is 43.6 Å². The van der Waals surface area contributed by atoms with Crippen molar-refractivity contribution in [1.82, 2.24) is 0 Å². The lowest BCUT2D eigenvalue weighted by atomic mass is 9.78. The van der Waals surface area contributed by atoms with Crippen LogP contribution in [-0.4, -0.2) is 56.6 Å². The molecule has 0 aliphatic rings. The molecule has 0 aromatic heterocycles. The maximum Gasteiger partial charge on any atom is 0.404 e. The second kappa shape index (κ2) is 15.5. The van der Waals surface area contributed by atoms with Gasteiger partial charge in [0.05, 0.1) is 38.4 Å². The van der Waals surface area contributed by atoms with Gasteiger partial charge in [-0.15, -0.1) is 0 Å². The molecule has 11 heteroatoms. The first-order valence-corrected chi connectivity index (χ1v) is 14.5. The number of aliphatic hydroxyl groups excluding tert-OH is 4. The first kappa shape index (κ1) is 34.8. The van der Waals surface area contributed by atoms with E-state index in [4.69, 9.17) is 33.8 Å². The summed E-state index contributed by atoms with van der Waals surface area (Å²) in [5.74, 6) is 0.687. The average molecular weight is 575 g/mol. The van der Waals surface area contributed by atoms with E-state index in [1.54, 1.807) is 0 Å². The molecule has 2 rings (SSSR count). The Morgan fingerprint density at radius 3 is 1.53 bits per heavy atom. The molecule has 6 N–H and O–H groups in total. The number of aliphatic hydroxyl groups is 4. The van der Waals surface area contributed by atoms with Crippen molar-refractivity contribution in [2.75, 3.05) is 26.4 Å². The summed E-state index contributed by atoms with van der Waals surface area (Å²) in [7, 11) is -4.63. The van der Waals surface area contributed by atoms with Gasteiger partial charge in [0.2, 0.25) is 0 Å². The van der Waals surface area contributed by atoms with Crippen molar-refractivity contribution >= 4 is 17.2 Å². The standard InChI is InChI=1S/C22H32O5P2.C5H12O4/c1-16-13-18(21(2,3)4)20(19(14-16)22(5,6)7)26-29(27-28(23)24)25-15-17-11-9-8-10-12-17;6-1-5(2-7,3-8)4-9/h8-14,23-24H,15H2,1-7H3;6-9H,1-4H2. The van der Waals surface area contributed by atoms with Gasteiger partial charge in [0.25, 0.3) is 0 Å². The van der Waals surface area contributed by atoms with E-state index in [0.29, 0.717) is 5.75 Å². The van der Waals surface area contributed by atoms with Crippen molar-refractivity contribution in [2.45, 2.75) is 65.9 Å². The molecule has 0 heterocycles. The Kier molecular flexibility index (Phi) is 14.2. The molecular weight excluding hydrogens is 530 g/mol. The molecule has 0 fully saturated rings. The number of benzene rings is 2. The summed E-state index contributed by atoms with van der Waals surface area (Å²) in [6.07, 6.45) is 0. The molecule has 9 nitrogen and oxygen atoms in total. The first-order chi connectivity index (χ1) is 17.6. The van der Waals surface area contributed by atoms with Gasteiger partial charge in [-0.1, -0.05) is 89.6 Å². The molecule has 0 radical (unpaired) electrons. The lowest BCUT2D eigenvalue weighted by Crippen LogP contribution is -2.37. The van der Waals surface area contributed by atoms with Crippen molar-refractivity contribution in [1.29, 1.82) is 0 Å². The fraction of sp³-hybridized carbons (Fsp3) is 0.556. The van der Waals surface area contributed by atoms with Crippen LogP contribution in [0.3, 0.4) is 0 Å². The van der Waals surface area contributed by atoms with Gasteiger partial charge in [-0.05, 0) is 23.3 Å². The number of hydrogen-bond acceptors (Lipinski definition) is 9. The maximum atomic E-state index is 9.45. The fourth-order valence-electron chi connectivity index (χ4n) is 3.19. The van der Waals surface area contributed by atoms with Gasteiger partial charge in [0, 0.05) is 11.1 Å². The predicted octanol–water partition coefficient (Wildman–Crippen LogP) is 4.58. The summed E-state index contributed by atoms with van der Waals surface area (Å²) in [5, 5.41) is 34.0. The van der Waals surface area contributed by atoms with Crippen LogP contribution in [0.2, 0.25) is 0 Å². The van der Waals surface area contributed by atoms with E-state index in [1.165, 1.54) is 0 Å². The Morgan fingerprint density at radius 2 is 1.18 bits per heavy atom. The third-order valence-electron chi connectivity index (χ3n) is 5.68. The summed E-state index contributed by atoms with van der Waals surface area (Å²) < 4.78 is 17.3. The lowest BCUT2D eigenvalue weighted by Gasteiger charge is -2.31. The van der Waals surface area contributed by atoms with Crippen LogP contribution in [0, 0.1) is 12.3 Å². The molecule has 0 amide bonds. The van der Waals surface area contributed by atoms with Gasteiger partial charge >= 0.3 is 17.2 Å². The Hall–Kier alpha value is -1.22. The molecule has 216 valence electrons. The molecule has 2 aromatic rings. The minimum atomic E-state index is -2.62. The highest BCUT2D eigenvalue weighted by Crippen LogP contribution is 2.54. The SMILES string of the molecule is Cc1cc(C(C)(C)C)c(OP(OCc2ccccc2)OP(O)O)c(C(C)(C)C)c1.OCC(CO)(CO)CO. The number of aryl methyl sites for hydroxylation is 1. The monoisotopic (exact) mass is 574 g/mol. The fourth-order valence-corrected chi connectivity index (χ4v) is 4.64. The van der Waals surface area contributed by atoms with Crippen LogP contribution in [0.15, 0.2) is 42.5 Å². The average Bonchev–Trinajstić information content (AvgIpc) is 2.84. The second-order valence-electron chi connectivity index (χ2n) is 11.2. The van der Waals surface area contributed by atoms with Crippen LogP contribution in [0.5, 0.6) is 5.75 Å². The molecule has 0 aliphatic carbocycles. The van der Waals surface area contributed by atoms with E-state index in [1.807, 2.05) is 30.3 Å². The zero-order chi connectivity index (χ0) is 29.1. The van der Waals surface area contributed by atoms with Gasteiger partial charge in [-0.25, -0.2) is 4.31 Å². The summed E-state index contributed by atoms with van der Waals surface area (Å²) in [4.78, 5) is 18.9. The highest BCUT2D eigenvalue weighted by atomic mass is 31.2. The van der Waals surface area contributed by atoms with Gasteiger partial charge < -0.3 is 34.7 Å². The molecule has 0 aliphatic heterocycles. The smallest absolute Gasteiger partial charge is 0.404 e. The Balaban J connectivity index is 0.000000686. The molecule has 0 spiro atoms. The van der Waals surface area contributed by atoms with Crippen LogP contribution in [0.4, 0.5) is 0 Å². The van der Waals surface area contributed by atoms with Gasteiger partial charge in [-0.2, -0.15) is 0 Å². The molecule has 1 unspecified atom stereocenters. The maximum absolute atomic E-state index is 9.45. The van der Waals surface area contributed by atoms with Crippen molar-refractivity contribution in [2.24, 2.45) is 5.41 Å². The Labute approximate surface area is 229 Å². The topological polar surface area (TPSA) is 149 Å². The highest BCUT2D eigenvalue weighted by Gasteiger charge is 2.31. The Morgan fingerprint density at radius 1 is 0.737 bits per heavy atom. The minimum absolute atomic E-state index is 0.176. The van der Waals surface area contributed by atoms with Crippen molar-refractivity contribution in [3.05, 3.63) is 64.7 Å². The van der Waals surface area contributed by atoms with Crippen molar-refractivity contribution in [3.8, 4) is 5.75 Å². The molecule has 0 saturated carbocycles. The largest absolute Gasteiger partial charge is 0.426 e. The van der Waals surface area contributed by atoms with Crippen LogP contribution < -0.4 is 4.52 Å². The molecule has 1 atom stereocenters. The zero-order valence-electron chi connectivity index (χ0n) is 23.4.